The van der Waals surface area contributed by atoms with Crippen molar-refractivity contribution in [2.24, 2.45) is 0 Å². The van der Waals surface area contributed by atoms with Gasteiger partial charge in [-0.15, -0.1) is 11.3 Å². The molecule has 3 heterocycles. The topological polar surface area (TPSA) is 38.9 Å². The number of para-hydroxylation sites is 1. The lowest BCUT2D eigenvalue weighted by Gasteiger charge is -2.30. The first-order valence-corrected chi connectivity index (χ1v) is 20.2. The predicted molar refractivity (Wildman–Crippen MR) is 235 cm³/mol. The van der Waals surface area contributed by atoms with Crippen LogP contribution < -0.4 is 0 Å². The van der Waals surface area contributed by atoms with Crippen LogP contribution in [-0.2, 0) is 5.41 Å². The number of hydrogen-bond donors (Lipinski definition) is 0. The van der Waals surface area contributed by atoms with Crippen molar-refractivity contribution >= 4 is 53.6 Å². The quantitative estimate of drug-likeness (QED) is 0.181. The van der Waals surface area contributed by atoms with Gasteiger partial charge in [-0.05, 0) is 80.4 Å². The molecular weight excluding hydrogens is 713 g/mol. The van der Waals surface area contributed by atoms with E-state index in [1.54, 1.807) is 11.3 Å². The van der Waals surface area contributed by atoms with E-state index in [0.29, 0.717) is 5.82 Å². The highest BCUT2D eigenvalue weighted by Crippen LogP contribution is 2.63. The molecule has 2 aliphatic rings. The van der Waals surface area contributed by atoms with Crippen LogP contribution in [0.15, 0.2) is 186 Å². The molecule has 0 amide bonds. The van der Waals surface area contributed by atoms with Crippen molar-refractivity contribution in [2.75, 3.05) is 0 Å². The summed E-state index contributed by atoms with van der Waals surface area (Å²) >= 11 is 1.77. The molecular formula is C53H30N2OS. The molecule has 4 heteroatoms. The van der Waals surface area contributed by atoms with Crippen molar-refractivity contribution in [1.82, 2.24) is 9.97 Å². The van der Waals surface area contributed by atoms with Gasteiger partial charge in [-0.25, -0.2) is 9.97 Å². The molecule has 0 N–H and O–H groups in total. The third kappa shape index (κ3) is 4.10. The van der Waals surface area contributed by atoms with E-state index >= 15 is 0 Å². The second kappa shape index (κ2) is 11.5. The Labute approximate surface area is 332 Å². The van der Waals surface area contributed by atoms with Crippen molar-refractivity contribution in [3.8, 4) is 56.0 Å². The SMILES string of the molecule is c1ccc(-c2ccc(-c3nc(-c4ccc5c(c4)-c4ccccc4C54c5ccccc5-c5ccccc54)c4sc5ccccc5c4n3)c3c2oc2ccccc23)cc1. The van der Waals surface area contributed by atoms with Gasteiger partial charge >= 0.3 is 0 Å². The van der Waals surface area contributed by atoms with Crippen molar-refractivity contribution < 1.29 is 4.42 Å². The fourth-order valence-electron chi connectivity index (χ4n) is 10.0. The van der Waals surface area contributed by atoms with Gasteiger partial charge < -0.3 is 4.42 Å². The second-order valence-corrected chi connectivity index (χ2v) is 16.2. The van der Waals surface area contributed by atoms with Gasteiger partial charge in [0.2, 0.25) is 0 Å². The normalized spacial score (nSPS) is 13.4. The van der Waals surface area contributed by atoms with Crippen molar-refractivity contribution in [3.63, 3.8) is 0 Å². The largest absolute Gasteiger partial charge is 0.455 e. The summed E-state index contributed by atoms with van der Waals surface area (Å²) in [5.74, 6) is 0.688. The molecule has 8 aromatic carbocycles. The fourth-order valence-corrected chi connectivity index (χ4v) is 11.2. The average Bonchev–Trinajstić information content (AvgIpc) is 4.01. The zero-order valence-electron chi connectivity index (χ0n) is 30.5. The molecule has 3 aromatic heterocycles. The molecule has 2 aliphatic carbocycles. The highest BCUT2D eigenvalue weighted by molar-refractivity contribution is 7.26. The Balaban J connectivity index is 1.09. The molecule has 0 bridgehead atoms. The predicted octanol–water partition coefficient (Wildman–Crippen LogP) is 14.1. The monoisotopic (exact) mass is 742 g/mol. The van der Waals surface area contributed by atoms with Crippen LogP contribution in [0.3, 0.4) is 0 Å². The number of nitrogens with zero attached hydrogens (tertiary/aromatic N) is 2. The first kappa shape index (κ1) is 31.1. The minimum Gasteiger partial charge on any atom is -0.455 e. The van der Waals surface area contributed by atoms with Crippen LogP contribution in [-0.4, -0.2) is 9.97 Å². The van der Waals surface area contributed by atoms with Crippen LogP contribution in [0.5, 0.6) is 0 Å². The van der Waals surface area contributed by atoms with Crippen molar-refractivity contribution in [3.05, 3.63) is 204 Å². The number of fused-ring (bicyclic) bond motifs is 16. The smallest absolute Gasteiger partial charge is 0.161 e. The summed E-state index contributed by atoms with van der Waals surface area (Å²) in [6, 6.07) is 65.7. The van der Waals surface area contributed by atoms with Crippen LogP contribution in [0.2, 0.25) is 0 Å². The Morgan fingerprint density at radius 2 is 1.04 bits per heavy atom. The lowest BCUT2D eigenvalue weighted by Crippen LogP contribution is -2.25. The highest BCUT2D eigenvalue weighted by atomic mass is 32.1. The first-order chi connectivity index (χ1) is 28.3. The molecule has 0 saturated heterocycles. The van der Waals surface area contributed by atoms with E-state index < -0.39 is 5.41 Å². The number of thiophene rings is 1. The number of furan rings is 1. The van der Waals surface area contributed by atoms with E-state index in [4.69, 9.17) is 14.4 Å². The molecule has 11 aromatic rings. The van der Waals surface area contributed by atoms with Gasteiger partial charge in [-0.1, -0.05) is 152 Å². The Kier molecular flexibility index (Phi) is 6.25. The average molecular weight is 743 g/mol. The van der Waals surface area contributed by atoms with Gasteiger partial charge in [-0.3, -0.25) is 0 Å². The summed E-state index contributed by atoms with van der Waals surface area (Å²) in [6.07, 6.45) is 0. The Hall–Kier alpha value is -7.14. The summed E-state index contributed by atoms with van der Waals surface area (Å²) < 4.78 is 8.97. The van der Waals surface area contributed by atoms with Gasteiger partial charge in [0.15, 0.2) is 5.82 Å². The lowest BCUT2D eigenvalue weighted by atomic mass is 9.70. The summed E-state index contributed by atoms with van der Waals surface area (Å²) in [5.41, 5.74) is 17.9. The number of benzene rings is 8. The highest BCUT2D eigenvalue weighted by Gasteiger charge is 2.51. The molecule has 13 rings (SSSR count). The molecule has 1 spiro atoms. The molecule has 57 heavy (non-hydrogen) atoms. The molecule has 0 radical (unpaired) electrons. The van der Waals surface area contributed by atoms with E-state index in [1.165, 1.54) is 49.2 Å². The summed E-state index contributed by atoms with van der Waals surface area (Å²) in [4.78, 5) is 11.0. The fraction of sp³-hybridized carbons (Fsp3) is 0.0189. The number of aromatic nitrogens is 2. The van der Waals surface area contributed by atoms with Crippen LogP contribution >= 0.6 is 11.3 Å². The minimum atomic E-state index is -0.393. The standard InChI is InChI=1S/C53H30N2OS/c1-2-14-31(15-3-1)33-27-28-39(47-37-19-7-12-24-45(37)56-50(33)47)52-54-48(51-49(55-52)38-20-8-13-25-46(38)57-51)32-26-29-44-40(30-32)36-18-6-11-23-43(36)53(44)41-21-9-4-16-34(41)35-17-5-10-22-42(35)53/h1-30H. The van der Waals surface area contributed by atoms with Crippen LogP contribution in [0.1, 0.15) is 22.3 Å². The zero-order valence-corrected chi connectivity index (χ0v) is 31.3. The van der Waals surface area contributed by atoms with E-state index in [9.17, 15) is 0 Å². The van der Waals surface area contributed by atoms with Crippen molar-refractivity contribution in [1.29, 1.82) is 0 Å². The van der Waals surface area contributed by atoms with E-state index in [-0.39, 0.29) is 0 Å². The van der Waals surface area contributed by atoms with Gasteiger partial charge in [0.25, 0.3) is 0 Å². The third-order valence-electron chi connectivity index (χ3n) is 12.3. The second-order valence-electron chi connectivity index (χ2n) is 15.1. The number of hydrogen-bond acceptors (Lipinski definition) is 4. The zero-order chi connectivity index (χ0) is 37.2. The van der Waals surface area contributed by atoms with Gasteiger partial charge in [0.05, 0.1) is 21.3 Å². The summed E-state index contributed by atoms with van der Waals surface area (Å²) in [6.45, 7) is 0. The Bertz CT molecular complexity index is 3440. The first-order valence-electron chi connectivity index (χ1n) is 19.4. The van der Waals surface area contributed by atoms with Crippen LogP contribution in [0.4, 0.5) is 0 Å². The lowest BCUT2D eigenvalue weighted by molar-refractivity contribution is 0.670. The van der Waals surface area contributed by atoms with Crippen LogP contribution in [0, 0.1) is 0 Å². The minimum absolute atomic E-state index is 0.393. The van der Waals surface area contributed by atoms with Gasteiger partial charge in [0, 0.05) is 37.5 Å². The maximum atomic E-state index is 6.68. The van der Waals surface area contributed by atoms with Gasteiger partial charge in [-0.2, -0.15) is 0 Å². The van der Waals surface area contributed by atoms with E-state index in [1.807, 2.05) is 18.2 Å². The Morgan fingerprint density at radius 1 is 0.439 bits per heavy atom. The van der Waals surface area contributed by atoms with Crippen molar-refractivity contribution in [2.45, 2.75) is 5.41 Å². The maximum Gasteiger partial charge on any atom is 0.161 e. The molecule has 264 valence electrons. The van der Waals surface area contributed by atoms with E-state index in [0.717, 1.165) is 65.5 Å². The molecule has 0 saturated carbocycles. The van der Waals surface area contributed by atoms with Crippen LogP contribution in [0.25, 0.3) is 98.3 Å². The summed E-state index contributed by atoms with van der Waals surface area (Å²) in [5, 5.41) is 3.22. The molecule has 0 aliphatic heterocycles. The number of rotatable bonds is 3. The molecule has 3 nitrogen and oxygen atoms in total. The maximum absolute atomic E-state index is 6.68. The molecule has 0 atom stereocenters. The molecule has 0 unspecified atom stereocenters. The Morgan fingerprint density at radius 3 is 1.79 bits per heavy atom. The van der Waals surface area contributed by atoms with Gasteiger partial charge in [0.1, 0.15) is 11.2 Å². The van der Waals surface area contributed by atoms with E-state index in [2.05, 4.69) is 164 Å². The third-order valence-corrected chi connectivity index (χ3v) is 13.5. The molecule has 0 fully saturated rings. The summed E-state index contributed by atoms with van der Waals surface area (Å²) in [7, 11) is 0.